The number of carbonyl (C=O) groups is 1. The number of hydrogen-bond donors (Lipinski definition) is 0. The topological polar surface area (TPSA) is 38.8 Å². The molecule has 1 aliphatic rings. The predicted octanol–water partition coefficient (Wildman–Crippen LogP) is 4.19. The fourth-order valence-corrected chi connectivity index (χ4v) is 3.54. The quantitative estimate of drug-likeness (QED) is 0.763. The summed E-state index contributed by atoms with van der Waals surface area (Å²) in [7, 11) is 1.82. The summed E-state index contributed by atoms with van der Waals surface area (Å²) < 4.78 is 10.7. The van der Waals surface area contributed by atoms with Crippen molar-refractivity contribution in [1.29, 1.82) is 0 Å². The van der Waals surface area contributed by atoms with Crippen LogP contribution in [0.15, 0.2) is 47.4 Å². The molecule has 0 aliphatic carbocycles. The number of hydrogen-bond acceptors (Lipinski definition) is 4. The molecular formula is C19H21NO3S. The number of nitrogens with zero attached hydrogens (tertiary/aromatic N) is 1. The molecule has 0 saturated carbocycles. The summed E-state index contributed by atoms with van der Waals surface area (Å²) in [6, 6.07) is 13.6. The van der Waals surface area contributed by atoms with Crippen molar-refractivity contribution in [3.8, 4) is 11.5 Å². The van der Waals surface area contributed by atoms with Crippen LogP contribution in [-0.2, 0) is 6.54 Å². The third-order valence-corrected chi connectivity index (χ3v) is 4.76. The number of amides is 1. The minimum Gasteiger partial charge on any atom is -0.454 e. The summed E-state index contributed by atoms with van der Waals surface area (Å²) in [5.41, 5.74) is 1.77. The van der Waals surface area contributed by atoms with Gasteiger partial charge in [-0.05, 0) is 29.8 Å². The molecule has 24 heavy (non-hydrogen) atoms. The highest BCUT2D eigenvalue weighted by atomic mass is 32.2. The van der Waals surface area contributed by atoms with E-state index >= 15 is 0 Å². The molecule has 5 heteroatoms. The molecule has 0 radical (unpaired) electrons. The lowest BCUT2D eigenvalue weighted by molar-refractivity contribution is 0.0781. The molecular weight excluding hydrogens is 322 g/mol. The average molecular weight is 343 g/mol. The van der Waals surface area contributed by atoms with Crippen molar-refractivity contribution in [1.82, 2.24) is 4.90 Å². The second-order valence-corrected chi connectivity index (χ2v) is 7.63. The average Bonchev–Trinajstić information content (AvgIpc) is 3.02. The lowest BCUT2D eigenvalue weighted by Crippen LogP contribution is -2.26. The molecule has 4 nitrogen and oxygen atoms in total. The smallest absolute Gasteiger partial charge is 0.255 e. The maximum absolute atomic E-state index is 12.8. The van der Waals surface area contributed by atoms with Gasteiger partial charge in [0.05, 0.1) is 5.56 Å². The molecule has 0 atom stereocenters. The van der Waals surface area contributed by atoms with Gasteiger partial charge in [-0.3, -0.25) is 4.79 Å². The molecule has 0 N–H and O–H groups in total. The molecule has 1 aliphatic heterocycles. The zero-order valence-corrected chi connectivity index (χ0v) is 14.9. The van der Waals surface area contributed by atoms with E-state index in [4.69, 9.17) is 9.47 Å². The van der Waals surface area contributed by atoms with Gasteiger partial charge >= 0.3 is 0 Å². The van der Waals surface area contributed by atoms with Crippen LogP contribution in [-0.4, -0.2) is 29.9 Å². The van der Waals surface area contributed by atoms with Gasteiger partial charge < -0.3 is 14.4 Å². The summed E-state index contributed by atoms with van der Waals surface area (Å²) >= 11 is 1.71. The van der Waals surface area contributed by atoms with Crippen LogP contribution in [0.25, 0.3) is 0 Å². The van der Waals surface area contributed by atoms with E-state index < -0.39 is 0 Å². The number of benzene rings is 2. The van der Waals surface area contributed by atoms with Crippen LogP contribution in [0.1, 0.15) is 29.8 Å². The zero-order chi connectivity index (χ0) is 17.1. The molecule has 0 saturated heterocycles. The Kier molecular flexibility index (Phi) is 5.00. The zero-order valence-electron chi connectivity index (χ0n) is 14.1. The number of fused-ring (bicyclic) bond motifs is 1. The van der Waals surface area contributed by atoms with Gasteiger partial charge in [-0.2, -0.15) is 0 Å². The number of thioether (sulfide) groups is 1. The van der Waals surface area contributed by atoms with Gasteiger partial charge in [0.25, 0.3) is 5.91 Å². The van der Waals surface area contributed by atoms with Crippen LogP contribution < -0.4 is 9.47 Å². The number of ether oxygens (including phenoxy) is 2. The predicted molar refractivity (Wildman–Crippen MR) is 95.8 cm³/mol. The third kappa shape index (κ3) is 3.67. The van der Waals surface area contributed by atoms with Crippen LogP contribution >= 0.6 is 11.8 Å². The minimum atomic E-state index is 0.0245. The summed E-state index contributed by atoms with van der Waals surface area (Å²) in [6.07, 6.45) is 0. The van der Waals surface area contributed by atoms with Gasteiger partial charge in [-0.1, -0.05) is 32.0 Å². The lowest BCUT2D eigenvalue weighted by Gasteiger charge is -2.19. The highest BCUT2D eigenvalue weighted by Crippen LogP contribution is 2.33. The maximum atomic E-state index is 12.8. The normalized spacial score (nSPS) is 12.5. The van der Waals surface area contributed by atoms with Gasteiger partial charge in [0.1, 0.15) is 0 Å². The first-order valence-corrected chi connectivity index (χ1v) is 8.82. The van der Waals surface area contributed by atoms with Crippen molar-refractivity contribution >= 4 is 17.7 Å². The Morgan fingerprint density at radius 3 is 2.71 bits per heavy atom. The molecule has 1 heterocycles. The Bertz CT molecular complexity index is 745. The summed E-state index contributed by atoms with van der Waals surface area (Å²) in [5, 5.41) is 0.429. The van der Waals surface area contributed by atoms with Crippen LogP contribution in [0.3, 0.4) is 0 Å². The first kappa shape index (κ1) is 16.7. The van der Waals surface area contributed by atoms with Crippen molar-refractivity contribution in [2.45, 2.75) is 30.5 Å². The fraction of sp³-hybridized carbons (Fsp3) is 0.316. The number of rotatable bonds is 5. The van der Waals surface area contributed by atoms with Gasteiger partial charge in [0, 0.05) is 23.7 Å². The number of carbonyl (C=O) groups excluding carboxylic acids is 1. The van der Waals surface area contributed by atoms with Crippen LogP contribution in [0.5, 0.6) is 11.5 Å². The van der Waals surface area contributed by atoms with E-state index in [1.807, 2.05) is 49.5 Å². The molecule has 1 amide bonds. The van der Waals surface area contributed by atoms with E-state index in [1.54, 1.807) is 16.7 Å². The highest BCUT2D eigenvalue weighted by Gasteiger charge is 2.18. The van der Waals surface area contributed by atoms with Crippen LogP contribution in [0, 0.1) is 0 Å². The summed E-state index contributed by atoms with van der Waals surface area (Å²) in [4.78, 5) is 15.6. The molecule has 0 spiro atoms. The monoisotopic (exact) mass is 343 g/mol. The lowest BCUT2D eigenvalue weighted by atomic mass is 10.1. The van der Waals surface area contributed by atoms with Gasteiger partial charge in [-0.25, -0.2) is 0 Å². The largest absolute Gasteiger partial charge is 0.454 e. The van der Waals surface area contributed by atoms with Crippen molar-refractivity contribution in [3.63, 3.8) is 0 Å². The van der Waals surface area contributed by atoms with Crippen molar-refractivity contribution < 1.29 is 14.3 Å². The molecule has 126 valence electrons. The molecule has 0 unspecified atom stereocenters. The van der Waals surface area contributed by atoms with E-state index in [0.29, 0.717) is 11.8 Å². The fourth-order valence-electron chi connectivity index (χ4n) is 2.59. The van der Waals surface area contributed by atoms with Crippen molar-refractivity contribution in [3.05, 3.63) is 53.6 Å². The van der Waals surface area contributed by atoms with E-state index in [9.17, 15) is 4.79 Å². The van der Waals surface area contributed by atoms with Crippen molar-refractivity contribution in [2.24, 2.45) is 0 Å². The molecule has 0 fully saturated rings. The molecule has 3 rings (SSSR count). The van der Waals surface area contributed by atoms with Crippen LogP contribution in [0.4, 0.5) is 0 Å². The molecule has 2 aromatic rings. The Balaban J connectivity index is 1.75. The molecule has 2 aromatic carbocycles. The molecule has 0 aromatic heterocycles. The highest BCUT2D eigenvalue weighted by molar-refractivity contribution is 8.00. The Labute approximate surface area is 146 Å². The summed E-state index contributed by atoms with van der Waals surface area (Å²) in [6.45, 7) is 5.04. The van der Waals surface area contributed by atoms with Crippen molar-refractivity contribution in [2.75, 3.05) is 13.8 Å². The van der Waals surface area contributed by atoms with Gasteiger partial charge in [-0.15, -0.1) is 11.8 Å². The second kappa shape index (κ2) is 7.18. The van der Waals surface area contributed by atoms with Crippen LogP contribution in [0.2, 0.25) is 0 Å². The first-order chi connectivity index (χ1) is 11.5. The van der Waals surface area contributed by atoms with E-state index in [0.717, 1.165) is 27.5 Å². The maximum Gasteiger partial charge on any atom is 0.255 e. The van der Waals surface area contributed by atoms with E-state index in [1.165, 1.54) is 0 Å². The second-order valence-electron chi connectivity index (χ2n) is 6.01. The first-order valence-electron chi connectivity index (χ1n) is 7.94. The minimum absolute atomic E-state index is 0.0245. The van der Waals surface area contributed by atoms with Gasteiger partial charge in [0.2, 0.25) is 6.79 Å². The Hall–Kier alpha value is -2.14. The molecule has 0 bridgehead atoms. The Morgan fingerprint density at radius 2 is 1.92 bits per heavy atom. The van der Waals surface area contributed by atoms with Gasteiger partial charge in [0.15, 0.2) is 11.5 Å². The summed E-state index contributed by atoms with van der Waals surface area (Å²) in [5.74, 6) is 1.52. The SMILES string of the molecule is CC(C)Sc1ccccc1C(=O)N(C)Cc1ccc2c(c1)OCO2. The van der Waals surface area contributed by atoms with E-state index in [2.05, 4.69) is 13.8 Å². The standard InChI is InChI=1S/C19H21NO3S/c1-13(2)24-18-7-5-4-6-15(18)19(21)20(3)11-14-8-9-16-17(10-14)23-12-22-16/h4-10,13H,11-12H2,1-3H3. The van der Waals surface area contributed by atoms with E-state index in [-0.39, 0.29) is 12.7 Å². The third-order valence-electron chi connectivity index (χ3n) is 3.68. The Morgan fingerprint density at radius 1 is 1.17 bits per heavy atom.